The van der Waals surface area contributed by atoms with Gasteiger partial charge in [0.2, 0.25) is 5.91 Å². The fraction of sp³-hybridized carbons (Fsp3) is 0.407. The molecule has 0 saturated heterocycles. The highest BCUT2D eigenvalue weighted by atomic mass is 32.2. The van der Waals surface area contributed by atoms with Gasteiger partial charge in [-0.2, -0.15) is 0 Å². The first-order chi connectivity index (χ1) is 16.0. The Hall–Kier alpha value is -2.73. The maximum absolute atomic E-state index is 12.5. The summed E-state index contributed by atoms with van der Waals surface area (Å²) in [5.41, 5.74) is 4.11. The van der Waals surface area contributed by atoms with E-state index in [-0.39, 0.29) is 11.8 Å². The van der Waals surface area contributed by atoms with Gasteiger partial charge in [0.15, 0.2) is 0 Å². The van der Waals surface area contributed by atoms with E-state index < -0.39 is 0 Å². The van der Waals surface area contributed by atoms with Gasteiger partial charge in [0, 0.05) is 46.7 Å². The molecule has 0 aliphatic heterocycles. The van der Waals surface area contributed by atoms with Crippen LogP contribution < -0.4 is 10.6 Å². The Balaban J connectivity index is 1.35. The molecule has 2 amide bonds. The number of para-hydroxylation sites is 1. The van der Waals surface area contributed by atoms with Gasteiger partial charge in [-0.1, -0.05) is 43.5 Å². The molecule has 174 valence electrons. The maximum atomic E-state index is 12.5. The van der Waals surface area contributed by atoms with E-state index >= 15 is 0 Å². The van der Waals surface area contributed by atoms with E-state index in [1.165, 1.54) is 24.8 Å². The average Bonchev–Trinajstić information content (AvgIpc) is 3.18. The van der Waals surface area contributed by atoms with Gasteiger partial charge >= 0.3 is 0 Å². The first kappa shape index (κ1) is 23.4. The number of benzene rings is 2. The van der Waals surface area contributed by atoms with Crippen molar-refractivity contribution in [2.75, 3.05) is 12.3 Å². The van der Waals surface area contributed by atoms with Gasteiger partial charge in [0.25, 0.3) is 5.91 Å². The van der Waals surface area contributed by atoms with E-state index in [1.807, 2.05) is 44.2 Å². The van der Waals surface area contributed by atoms with Crippen LogP contribution in [-0.4, -0.2) is 34.7 Å². The monoisotopic (exact) mass is 463 g/mol. The highest BCUT2D eigenvalue weighted by molar-refractivity contribution is 8.00. The zero-order valence-electron chi connectivity index (χ0n) is 19.5. The lowest BCUT2D eigenvalue weighted by Crippen LogP contribution is -2.37. The van der Waals surface area contributed by atoms with Crippen molar-refractivity contribution in [3.8, 4) is 0 Å². The number of hydrogen-bond acceptors (Lipinski definition) is 3. The summed E-state index contributed by atoms with van der Waals surface area (Å²) in [6.07, 6.45) is 8.02. The van der Waals surface area contributed by atoms with Gasteiger partial charge in [-0.25, -0.2) is 0 Å². The molecule has 1 aromatic heterocycles. The number of rotatable bonds is 8. The number of amides is 2. The maximum Gasteiger partial charge on any atom is 0.251 e. The van der Waals surface area contributed by atoms with Crippen LogP contribution in [0.25, 0.3) is 10.9 Å². The topological polar surface area (TPSA) is 63.1 Å². The van der Waals surface area contributed by atoms with Crippen molar-refractivity contribution in [1.82, 2.24) is 15.2 Å². The van der Waals surface area contributed by atoms with Crippen molar-refractivity contribution < 1.29 is 9.59 Å². The number of carbonyl (C=O) groups is 2. The predicted octanol–water partition coefficient (Wildman–Crippen LogP) is 5.23. The third-order valence-corrected chi connectivity index (χ3v) is 7.53. The van der Waals surface area contributed by atoms with E-state index in [4.69, 9.17) is 0 Å². The molecule has 1 aliphatic carbocycles. The predicted molar refractivity (Wildman–Crippen MR) is 136 cm³/mol. The van der Waals surface area contributed by atoms with E-state index in [2.05, 4.69) is 33.5 Å². The van der Waals surface area contributed by atoms with E-state index in [0.29, 0.717) is 30.4 Å². The molecular formula is C27H33N3O2S. The van der Waals surface area contributed by atoms with E-state index in [1.54, 1.807) is 11.8 Å². The SMILES string of the molecule is Cc1ccc(C(=O)NCCn2cc(SCC(=O)NC3CCCCC3)c3ccccc32)cc1C. The third-order valence-electron chi connectivity index (χ3n) is 6.49. The van der Waals surface area contributed by atoms with Crippen LogP contribution >= 0.6 is 11.8 Å². The minimum absolute atomic E-state index is 0.0523. The summed E-state index contributed by atoms with van der Waals surface area (Å²) >= 11 is 1.59. The van der Waals surface area contributed by atoms with Crippen molar-refractivity contribution in [3.05, 3.63) is 65.4 Å². The lowest BCUT2D eigenvalue weighted by Gasteiger charge is -2.22. The highest BCUT2D eigenvalue weighted by Gasteiger charge is 2.17. The molecular weight excluding hydrogens is 430 g/mol. The van der Waals surface area contributed by atoms with Gasteiger partial charge in [-0.3, -0.25) is 9.59 Å². The fourth-order valence-electron chi connectivity index (χ4n) is 4.45. The molecule has 1 heterocycles. The Bertz CT molecular complexity index is 1130. The van der Waals surface area contributed by atoms with Crippen LogP contribution in [0.5, 0.6) is 0 Å². The number of aryl methyl sites for hydroxylation is 2. The Morgan fingerprint density at radius 2 is 1.82 bits per heavy atom. The molecule has 1 saturated carbocycles. The number of nitrogens with one attached hydrogen (secondary N) is 2. The molecule has 0 spiro atoms. The molecule has 0 radical (unpaired) electrons. The smallest absolute Gasteiger partial charge is 0.251 e. The molecule has 4 rings (SSSR count). The first-order valence-electron chi connectivity index (χ1n) is 11.9. The molecule has 1 fully saturated rings. The molecule has 6 heteroatoms. The third kappa shape index (κ3) is 5.99. The number of fused-ring (bicyclic) bond motifs is 1. The van der Waals surface area contributed by atoms with Crippen molar-refractivity contribution in [2.24, 2.45) is 0 Å². The minimum atomic E-state index is -0.0523. The van der Waals surface area contributed by atoms with Gasteiger partial charge in [-0.05, 0) is 56.0 Å². The summed E-state index contributed by atoms with van der Waals surface area (Å²) in [6, 6.07) is 14.4. The molecule has 3 aromatic rings. The Labute approximate surface area is 200 Å². The average molecular weight is 464 g/mol. The molecule has 2 N–H and O–H groups in total. The zero-order chi connectivity index (χ0) is 23.2. The lowest BCUT2D eigenvalue weighted by molar-refractivity contribution is -0.119. The fourth-order valence-corrected chi connectivity index (χ4v) is 5.35. The summed E-state index contributed by atoms with van der Waals surface area (Å²) < 4.78 is 2.16. The highest BCUT2D eigenvalue weighted by Crippen LogP contribution is 2.30. The number of hydrogen-bond donors (Lipinski definition) is 2. The van der Waals surface area contributed by atoms with Gasteiger partial charge in [0.1, 0.15) is 0 Å². The lowest BCUT2D eigenvalue weighted by atomic mass is 9.95. The summed E-state index contributed by atoms with van der Waals surface area (Å²) in [4.78, 5) is 26.1. The second kappa shape index (κ2) is 10.9. The molecule has 2 aromatic carbocycles. The van der Waals surface area contributed by atoms with Gasteiger partial charge in [0.05, 0.1) is 5.75 Å². The second-order valence-electron chi connectivity index (χ2n) is 8.95. The number of aromatic nitrogens is 1. The largest absolute Gasteiger partial charge is 0.353 e. The van der Waals surface area contributed by atoms with Gasteiger partial charge < -0.3 is 15.2 Å². The van der Waals surface area contributed by atoms with Crippen LogP contribution in [-0.2, 0) is 11.3 Å². The summed E-state index contributed by atoms with van der Waals surface area (Å²) in [5, 5.41) is 7.38. The van der Waals surface area contributed by atoms with Crippen molar-refractivity contribution in [3.63, 3.8) is 0 Å². The second-order valence-corrected chi connectivity index (χ2v) is 9.97. The van der Waals surface area contributed by atoms with Crippen LogP contribution in [0.2, 0.25) is 0 Å². The van der Waals surface area contributed by atoms with Crippen molar-refractivity contribution in [1.29, 1.82) is 0 Å². The molecule has 33 heavy (non-hydrogen) atoms. The number of nitrogens with zero attached hydrogens (tertiary/aromatic N) is 1. The van der Waals surface area contributed by atoms with E-state index in [0.717, 1.165) is 34.2 Å². The van der Waals surface area contributed by atoms with Gasteiger partial charge in [-0.15, -0.1) is 11.8 Å². The quantitative estimate of drug-likeness (QED) is 0.450. The molecule has 0 atom stereocenters. The molecule has 0 bridgehead atoms. The zero-order valence-corrected chi connectivity index (χ0v) is 20.3. The van der Waals surface area contributed by atoms with Crippen molar-refractivity contribution in [2.45, 2.75) is 63.4 Å². The number of carbonyl (C=O) groups excluding carboxylic acids is 2. The van der Waals surface area contributed by atoms with Crippen LogP contribution in [0.4, 0.5) is 0 Å². The summed E-state index contributed by atoms with van der Waals surface area (Å²) in [5.74, 6) is 0.488. The molecule has 0 unspecified atom stereocenters. The summed E-state index contributed by atoms with van der Waals surface area (Å²) in [6.45, 7) is 5.28. The van der Waals surface area contributed by atoms with Crippen molar-refractivity contribution >= 4 is 34.5 Å². The van der Waals surface area contributed by atoms with Crippen LogP contribution in [0, 0.1) is 13.8 Å². The normalized spacial score (nSPS) is 14.4. The van der Waals surface area contributed by atoms with Crippen LogP contribution in [0.15, 0.2) is 53.6 Å². The molecule has 1 aliphatic rings. The Kier molecular flexibility index (Phi) is 7.76. The minimum Gasteiger partial charge on any atom is -0.353 e. The van der Waals surface area contributed by atoms with E-state index in [9.17, 15) is 9.59 Å². The number of thioether (sulfide) groups is 1. The summed E-state index contributed by atoms with van der Waals surface area (Å²) in [7, 11) is 0. The Morgan fingerprint density at radius 1 is 1.03 bits per heavy atom. The standard InChI is InChI=1S/C27H33N3O2S/c1-19-12-13-21(16-20(19)2)27(32)28-14-15-30-17-25(23-10-6-7-11-24(23)30)33-18-26(31)29-22-8-4-3-5-9-22/h6-7,10-13,16-17,22H,3-5,8-9,14-15,18H2,1-2H3,(H,28,32)(H,29,31). The van der Waals surface area contributed by atoms with Crippen LogP contribution in [0.3, 0.4) is 0 Å². The Morgan fingerprint density at radius 3 is 2.61 bits per heavy atom. The molecule has 5 nitrogen and oxygen atoms in total. The van der Waals surface area contributed by atoms with Crippen LogP contribution in [0.1, 0.15) is 53.6 Å². The first-order valence-corrected chi connectivity index (χ1v) is 12.9.